The van der Waals surface area contributed by atoms with Crippen molar-refractivity contribution in [2.24, 2.45) is 5.92 Å². The molecule has 1 amide bonds. The summed E-state index contributed by atoms with van der Waals surface area (Å²) in [5.41, 5.74) is 4.06. The molecule has 3 nitrogen and oxygen atoms in total. The lowest BCUT2D eigenvalue weighted by atomic mass is 10.0. The van der Waals surface area contributed by atoms with Crippen LogP contribution in [0.2, 0.25) is 0 Å². The van der Waals surface area contributed by atoms with Crippen LogP contribution in [0.1, 0.15) is 40.5 Å². The molecule has 3 heteroatoms. The molecular formula is C20H20N2O. The van der Waals surface area contributed by atoms with Crippen LogP contribution in [-0.2, 0) is 0 Å². The Morgan fingerprint density at radius 3 is 2.57 bits per heavy atom. The second-order valence-corrected chi connectivity index (χ2v) is 6.47. The van der Waals surface area contributed by atoms with Crippen molar-refractivity contribution in [2.75, 3.05) is 0 Å². The van der Waals surface area contributed by atoms with Crippen LogP contribution in [0.15, 0.2) is 54.6 Å². The average molecular weight is 304 g/mol. The Bertz CT molecular complexity index is 810. The van der Waals surface area contributed by atoms with Gasteiger partial charge in [0.15, 0.2) is 0 Å². The molecule has 0 saturated heterocycles. The summed E-state index contributed by atoms with van der Waals surface area (Å²) in [6.45, 7) is 2.08. The number of aromatic amines is 1. The molecule has 1 fully saturated rings. The van der Waals surface area contributed by atoms with Crippen molar-refractivity contribution in [1.82, 2.24) is 10.3 Å². The van der Waals surface area contributed by atoms with Crippen LogP contribution in [0.3, 0.4) is 0 Å². The van der Waals surface area contributed by atoms with Crippen molar-refractivity contribution < 1.29 is 4.79 Å². The van der Waals surface area contributed by atoms with Gasteiger partial charge in [-0.2, -0.15) is 0 Å². The van der Waals surface area contributed by atoms with Gasteiger partial charge in [0.25, 0.3) is 5.91 Å². The number of carbonyl (C=O) groups excluding carboxylic acids is 1. The third-order valence-electron chi connectivity index (χ3n) is 4.59. The number of aryl methyl sites for hydroxylation is 1. The summed E-state index contributed by atoms with van der Waals surface area (Å²) in [5, 5.41) is 4.29. The maximum absolute atomic E-state index is 12.7. The monoisotopic (exact) mass is 304 g/mol. The molecule has 1 aliphatic carbocycles. The van der Waals surface area contributed by atoms with Crippen molar-refractivity contribution in [3.8, 4) is 0 Å². The van der Waals surface area contributed by atoms with Gasteiger partial charge in [-0.05, 0) is 43.4 Å². The summed E-state index contributed by atoms with van der Waals surface area (Å²) in [6.07, 6.45) is 2.37. The number of benzene rings is 2. The summed E-state index contributed by atoms with van der Waals surface area (Å²) in [5.74, 6) is 0.532. The zero-order valence-corrected chi connectivity index (χ0v) is 13.2. The van der Waals surface area contributed by atoms with Crippen molar-refractivity contribution in [3.63, 3.8) is 0 Å². The molecule has 0 spiro atoms. The highest BCUT2D eigenvalue weighted by atomic mass is 16.1. The van der Waals surface area contributed by atoms with Crippen LogP contribution < -0.4 is 5.32 Å². The molecule has 0 radical (unpaired) electrons. The third kappa shape index (κ3) is 2.87. The van der Waals surface area contributed by atoms with Crippen LogP contribution in [0.25, 0.3) is 10.9 Å². The molecule has 1 aliphatic rings. The summed E-state index contributed by atoms with van der Waals surface area (Å²) in [6, 6.07) is 18.5. The van der Waals surface area contributed by atoms with Crippen molar-refractivity contribution in [3.05, 3.63) is 71.4 Å². The van der Waals surface area contributed by atoms with E-state index in [1.165, 1.54) is 24.0 Å². The maximum Gasteiger partial charge on any atom is 0.268 e. The molecule has 2 N–H and O–H groups in total. The Hall–Kier alpha value is -2.55. The molecule has 3 aromatic rings. The Morgan fingerprint density at radius 2 is 1.87 bits per heavy atom. The quantitative estimate of drug-likeness (QED) is 0.739. The fourth-order valence-electron chi connectivity index (χ4n) is 3.09. The zero-order valence-electron chi connectivity index (χ0n) is 13.2. The fraction of sp³-hybridized carbons (Fsp3) is 0.250. The van der Waals surface area contributed by atoms with E-state index in [2.05, 4.69) is 41.5 Å². The topological polar surface area (TPSA) is 44.9 Å². The Morgan fingerprint density at radius 1 is 1.13 bits per heavy atom. The van der Waals surface area contributed by atoms with Gasteiger partial charge in [0.05, 0.1) is 6.04 Å². The Kier molecular flexibility index (Phi) is 3.41. The van der Waals surface area contributed by atoms with Gasteiger partial charge >= 0.3 is 0 Å². The molecular weight excluding hydrogens is 284 g/mol. The molecule has 1 heterocycles. The molecule has 0 aliphatic heterocycles. The van der Waals surface area contributed by atoms with Crippen LogP contribution in [0, 0.1) is 12.8 Å². The van der Waals surface area contributed by atoms with Gasteiger partial charge in [0.2, 0.25) is 0 Å². The number of amides is 1. The summed E-state index contributed by atoms with van der Waals surface area (Å²) in [4.78, 5) is 15.9. The van der Waals surface area contributed by atoms with Gasteiger partial charge in [0, 0.05) is 10.9 Å². The molecule has 4 rings (SSSR count). The lowest BCUT2D eigenvalue weighted by molar-refractivity contribution is 0.0927. The number of H-pyrrole nitrogens is 1. The fourth-order valence-corrected chi connectivity index (χ4v) is 3.09. The minimum Gasteiger partial charge on any atom is -0.351 e. The van der Waals surface area contributed by atoms with Crippen LogP contribution >= 0.6 is 0 Å². The third-order valence-corrected chi connectivity index (χ3v) is 4.59. The van der Waals surface area contributed by atoms with Crippen molar-refractivity contribution >= 4 is 16.8 Å². The second-order valence-electron chi connectivity index (χ2n) is 6.47. The molecule has 1 unspecified atom stereocenters. The van der Waals surface area contributed by atoms with E-state index in [9.17, 15) is 4.79 Å². The Labute approximate surface area is 135 Å². The van der Waals surface area contributed by atoms with Gasteiger partial charge in [-0.1, -0.05) is 48.0 Å². The number of hydrogen-bond donors (Lipinski definition) is 2. The lowest BCUT2D eigenvalue weighted by Crippen LogP contribution is -2.30. The average Bonchev–Trinajstić information content (AvgIpc) is 3.31. The number of rotatable bonds is 4. The van der Waals surface area contributed by atoms with Gasteiger partial charge < -0.3 is 10.3 Å². The van der Waals surface area contributed by atoms with Gasteiger partial charge in [-0.3, -0.25) is 4.79 Å². The van der Waals surface area contributed by atoms with Gasteiger partial charge in [-0.15, -0.1) is 0 Å². The number of fused-ring (bicyclic) bond motifs is 1. The largest absolute Gasteiger partial charge is 0.351 e. The predicted molar refractivity (Wildman–Crippen MR) is 92.4 cm³/mol. The number of para-hydroxylation sites is 1. The summed E-state index contributed by atoms with van der Waals surface area (Å²) < 4.78 is 0. The minimum absolute atomic E-state index is 0.0290. The standard InChI is InChI=1S/C20H20N2O/c1-13-6-8-14(9-7-13)19(15-10-11-15)22-20(23)18-12-16-4-2-3-5-17(16)21-18/h2-9,12,15,19,21H,10-11H2,1H3,(H,22,23). The van der Waals surface area contributed by atoms with E-state index in [0.29, 0.717) is 11.6 Å². The van der Waals surface area contributed by atoms with Crippen LogP contribution in [-0.4, -0.2) is 10.9 Å². The van der Waals surface area contributed by atoms with E-state index < -0.39 is 0 Å². The maximum atomic E-state index is 12.7. The highest BCUT2D eigenvalue weighted by Gasteiger charge is 2.33. The number of hydrogen-bond acceptors (Lipinski definition) is 1. The molecule has 23 heavy (non-hydrogen) atoms. The smallest absolute Gasteiger partial charge is 0.268 e. The molecule has 0 bridgehead atoms. The highest BCUT2D eigenvalue weighted by Crippen LogP contribution is 2.41. The van der Waals surface area contributed by atoms with Gasteiger partial charge in [-0.25, -0.2) is 0 Å². The number of nitrogens with one attached hydrogen (secondary N) is 2. The Balaban J connectivity index is 1.58. The van der Waals surface area contributed by atoms with Gasteiger partial charge in [0.1, 0.15) is 5.69 Å². The first kappa shape index (κ1) is 14.1. The summed E-state index contributed by atoms with van der Waals surface area (Å²) in [7, 11) is 0. The normalized spacial score (nSPS) is 15.5. The first-order valence-corrected chi connectivity index (χ1v) is 8.16. The van der Waals surface area contributed by atoms with Crippen LogP contribution in [0.4, 0.5) is 0 Å². The second kappa shape index (κ2) is 5.58. The number of aromatic nitrogens is 1. The van der Waals surface area contributed by atoms with E-state index in [4.69, 9.17) is 0 Å². The zero-order chi connectivity index (χ0) is 15.8. The lowest BCUT2D eigenvalue weighted by Gasteiger charge is -2.18. The van der Waals surface area contributed by atoms with E-state index >= 15 is 0 Å². The van der Waals surface area contributed by atoms with E-state index in [1.54, 1.807) is 0 Å². The van der Waals surface area contributed by atoms with Crippen molar-refractivity contribution in [2.45, 2.75) is 25.8 Å². The molecule has 116 valence electrons. The summed E-state index contributed by atoms with van der Waals surface area (Å²) >= 11 is 0. The SMILES string of the molecule is Cc1ccc(C(NC(=O)c2cc3ccccc3[nH]2)C2CC2)cc1. The predicted octanol–water partition coefficient (Wildman–Crippen LogP) is 4.36. The highest BCUT2D eigenvalue weighted by molar-refractivity contribution is 5.98. The van der Waals surface area contributed by atoms with E-state index in [-0.39, 0.29) is 11.9 Å². The molecule has 1 saturated carbocycles. The first-order valence-electron chi connectivity index (χ1n) is 8.16. The molecule has 1 atom stereocenters. The minimum atomic E-state index is -0.0290. The molecule has 1 aromatic heterocycles. The van der Waals surface area contributed by atoms with E-state index in [1.807, 2.05) is 30.3 Å². The van der Waals surface area contributed by atoms with Crippen LogP contribution in [0.5, 0.6) is 0 Å². The van der Waals surface area contributed by atoms with Crippen molar-refractivity contribution in [1.29, 1.82) is 0 Å². The van der Waals surface area contributed by atoms with E-state index in [0.717, 1.165) is 10.9 Å². The molecule has 2 aromatic carbocycles. The number of carbonyl (C=O) groups is 1. The first-order chi connectivity index (χ1) is 11.2.